The maximum Gasteiger partial charge on any atom is 0.0853 e. The molecule has 0 aromatic rings. The van der Waals surface area contributed by atoms with Gasteiger partial charge >= 0.3 is 0 Å². The van der Waals surface area contributed by atoms with Gasteiger partial charge in [0.25, 0.3) is 0 Å². The minimum absolute atomic E-state index is 0.177. The largest absolute Gasteiger partial charge is 0.379 e. The maximum absolute atomic E-state index is 5.43. The van der Waals surface area contributed by atoms with Gasteiger partial charge in [-0.25, -0.2) is 9.78 Å². The van der Waals surface area contributed by atoms with Crippen molar-refractivity contribution < 1.29 is 19.2 Å². The van der Waals surface area contributed by atoms with Crippen molar-refractivity contribution >= 4 is 0 Å². The molecule has 0 aromatic carbocycles. The van der Waals surface area contributed by atoms with Crippen molar-refractivity contribution in [1.29, 1.82) is 0 Å². The van der Waals surface area contributed by atoms with Gasteiger partial charge in [-0.05, 0) is 24.7 Å². The zero-order chi connectivity index (χ0) is 11.3. The van der Waals surface area contributed by atoms with Crippen molar-refractivity contribution in [1.82, 2.24) is 0 Å². The lowest BCUT2D eigenvalue weighted by atomic mass is 9.78. The maximum atomic E-state index is 5.43. The molecule has 1 saturated carbocycles. The summed E-state index contributed by atoms with van der Waals surface area (Å²) in [5.41, 5.74) is 0. The molecule has 4 nitrogen and oxygen atoms in total. The summed E-state index contributed by atoms with van der Waals surface area (Å²) in [5.74, 6) is 1.07. The monoisotopic (exact) mass is 218 g/mol. The standard InChI is InChI=1S/C11H22O4/c1-8-5-10(12-2)11(13-3)6-9(8)7-15-14-4/h8-11H,5-7H2,1-4H3/t8-,9-,10?,11?/m0/s1. The van der Waals surface area contributed by atoms with Crippen LogP contribution in [-0.2, 0) is 19.2 Å². The predicted octanol–water partition coefficient (Wildman–Crippen LogP) is 1.64. The normalized spacial score (nSPS) is 36.8. The van der Waals surface area contributed by atoms with Gasteiger partial charge in [-0.2, -0.15) is 0 Å². The van der Waals surface area contributed by atoms with E-state index < -0.39 is 0 Å². The molecule has 0 heterocycles. The zero-order valence-electron chi connectivity index (χ0n) is 10.1. The smallest absolute Gasteiger partial charge is 0.0853 e. The fourth-order valence-electron chi connectivity index (χ4n) is 2.28. The Morgan fingerprint density at radius 3 is 2.13 bits per heavy atom. The van der Waals surface area contributed by atoms with Crippen LogP contribution < -0.4 is 0 Å². The second kappa shape index (κ2) is 6.43. The lowest BCUT2D eigenvalue weighted by Gasteiger charge is -2.38. The van der Waals surface area contributed by atoms with E-state index in [0.29, 0.717) is 18.4 Å². The molecule has 1 aliphatic carbocycles. The lowest BCUT2D eigenvalue weighted by molar-refractivity contribution is -0.286. The highest BCUT2D eigenvalue weighted by atomic mass is 17.2. The molecular formula is C11H22O4. The summed E-state index contributed by atoms with van der Waals surface area (Å²) in [6.07, 6.45) is 2.38. The van der Waals surface area contributed by atoms with Crippen molar-refractivity contribution in [2.24, 2.45) is 11.8 Å². The first kappa shape index (κ1) is 12.9. The van der Waals surface area contributed by atoms with Crippen molar-refractivity contribution in [3.63, 3.8) is 0 Å². The highest BCUT2D eigenvalue weighted by molar-refractivity contribution is 4.85. The molecule has 0 N–H and O–H groups in total. The highest BCUT2D eigenvalue weighted by Crippen LogP contribution is 2.33. The molecule has 0 saturated heterocycles. The minimum atomic E-state index is 0.177. The third kappa shape index (κ3) is 3.41. The van der Waals surface area contributed by atoms with Gasteiger partial charge in [-0.3, -0.25) is 0 Å². The molecule has 0 radical (unpaired) electrons. The summed E-state index contributed by atoms with van der Waals surface area (Å²) in [6.45, 7) is 2.86. The van der Waals surface area contributed by atoms with Crippen LogP contribution in [0.25, 0.3) is 0 Å². The van der Waals surface area contributed by atoms with Crippen LogP contribution in [0.5, 0.6) is 0 Å². The topological polar surface area (TPSA) is 36.9 Å². The van der Waals surface area contributed by atoms with Crippen LogP contribution in [0.4, 0.5) is 0 Å². The molecule has 1 fully saturated rings. The Balaban J connectivity index is 2.47. The third-order valence-corrected chi connectivity index (χ3v) is 3.36. The highest BCUT2D eigenvalue weighted by Gasteiger charge is 2.35. The van der Waals surface area contributed by atoms with Gasteiger partial charge in [0.05, 0.1) is 25.9 Å². The van der Waals surface area contributed by atoms with Crippen LogP contribution in [0.3, 0.4) is 0 Å². The molecule has 1 rings (SSSR count). The number of methoxy groups -OCH3 is 2. The molecule has 1 aliphatic rings. The van der Waals surface area contributed by atoms with Gasteiger partial charge < -0.3 is 9.47 Å². The van der Waals surface area contributed by atoms with Gasteiger partial charge in [0.15, 0.2) is 0 Å². The first-order chi connectivity index (χ1) is 7.22. The predicted molar refractivity (Wildman–Crippen MR) is 56.4 cm³/mol. The van der Waals surface area contributed by atoms with Crippen molar-refractivity contribution in [2.45, 2.75) is 32.0 Å². The van der Waals surface area contributed by atoms with E-state index in [4.69, 9.17) is 14.4 Å². The van der Waals surface area contributed by atoms with Gasteiger partial charge in [0, 0.05) is 14.2 Å². The van der Waals surface area contributed by atoms with Gasteiger partial charge in [0.2, 0.25) is 0 Å². The molecule has 0 aliphatic heterocycles. The second-order valence-electron chi connectivity index (χ2n) is 4.21. The van der Waals surface area contributed by atoms with Crippen LogP contribution in [-0.4, -0.2) is 40.1 Å². The molecular weight excluding hydrogens is 196 g/mol. The Bertz CT molecular complexity index is 174. The average molecular weight is 218 g/mol. The summed E-state index contributed by atoms with van der Waals surface area (Å²) < 4.78 is 10.9. The van der Waals surface area contributed by atoms with E-state index >= 15 is 0 Å². The van der Waals surface area contributed by atoms with Crippen LogP contribution in [0.15, 0.2) is 0 Å². The molecule has 90 valence electrons. The van der Waals surface area contributed by atoms with Crippen LogP contribution in [0.2, 0.25) is 0 Å². The SMILES string of the molecule is COOC[C@@H]1CC(OC)C(OC)C[C@@H]1C. The summed E-state index contributed by atoms with van der Waals surface area (Å²) in [5, 5.41) is 0. The summed E-state index contributed by atoms with van der Waals surface area (Å²) in [4.78, 5) is 9.65. The molecule has 0 amide bonds. The number of rotatable bonds is 5. The first-order valence-electron chi connectivity index (χ1n) is 5.44. The Morgan fingerprint density at radius 1 is 1.00 bits per heavy atom. The number of hydrogen-bond acceptors (Lipinski definition) is 4. The first-order valence-corrected chi connectivity index (χ1v) is 5.44. The fraction of sp³-hybridized carbons (Fsp3) is 1.00. The summed E-state index contributed by atoms with van der Waals surface area (Å²) in [6, 6.07) is 0. The second-order valence-corrected chi connectivity index (χ2v) is 4.21. The minimum Gasteiger partial charge on any atom is -0.379 e. The van der Waals surface area contributed by atoms with E-state index in [2.05, 4.69) is 11.8 Å². The summed E-state index contributed by atoms with van der Waals surface area (Å²) >= 11 is 0. The molecule has 0 spiro atoms. The van der Waals surface area contributed by atoms with Crippen molar-refractivity contribution in [2.75, 3.05) is 27.9 Å². The van der Waals surface area contributed by atoms with Crippen LogP contribution in [0, 0.1) is 11.8 Å². The zero-order valence-corrected chi connectivity index (χ0v) is 10.1. The van der Waals surface area contributed by atoms with Gasteiger partial charge in [0.1, 0.15) is 0 Å². The van der Waals surface area contributed by atoms with Crippen LogP contribution >= 0.6 is 0 Å². The third-order valence-electron chi connectivity index (χ3n) is 3.36. The van der Waals surface area contributed by atoms with Gasteiger partial charge in [-0.1, -0.05) is 6.92 Å². The van der Waals surface area contributed by atoms with Gasteiger partial charge in [-0.15, -0.1) is 0 Å². The molecule has 2 unspecified atom stereocenters. The summed E-state index contributed by atoms with van der Waals surface area (Å²) in [7, 11) is 5.02. The lowest BCUT2D eigenvalue weighted by Crippen LogP contribution is -2.41. The number of ether oxygens (including phenoxy) is 2. The fourth-order valence-corrected chi connectivity index (χ4v) is 2.28. The van der Waals surface area contributed by atoms with E-state index in [0.717, 1.165) is 12.8 Å². The Hall–Kier alpha value is -0.160. The molecule has 15 heavy (non-hydrogen) atoms. The van der Waals surface area contributed by atoms with E-state index in [1.54, 1.807) is 21.3 Å². The van der Waals surface area contributed by atoms with E-state index in [1.165, 1.54) is 0 Å². The average Bonchev–Trinajstić information content (AvgIpc) is 2.27. The van der Waals surface area contributed by atoms with Crippen molar-refractivity contribution in [3.8, 4) is 0 Å². The van der Waals surface area contributed by atoms with E-state index in [1.807, 2.05) is 0 Å². The molecule has 0 aromatic heterocycles. The van der Waals surface area contributed by atoms with Crippen molar-refractivity contribution in [3.05, 3.63) is 0 Å². The number of hydrogen-bond donors (Lipinski definition) is 0. The Labute approximate surface area is 91.8 Å². The Kier molecular flexibility index (Phi) is 5.53. The van der Waals surface area contributed by atoms with E-state index in [9.17, 15) is 0 Å². The molecule has 4 heteroatoms. The molecule has 4 atom stereocenters. The quantitative estimate of drug-likeness (QED) is 0.519. The van der Waals surface area contributed by atoms with E-state index in [-0.39, 0.29) is 12.2 Å². The molecule has 0 bridgehead atoms. The van der Waals surface area contributed by atoms with Crippen LogP contribution in [0.1, 0.15) is 19.8 Å². The Morgan fingerprint density at radius 2 is 1.60 bits per heavy atom.